The molecule has 0 aliphatic rings. The van der Waals surface area contributed by atoms with Gasteiger partial charge < -0.3 is 20.3 Å². The molecule has 0 aliphatic heterocycles. The predicted octanol–water partition coefficient (Wildman–Crippen LogP) is 2.02. The fourth-order valence-electron chi connectivity index (χ4n) is 2.17. The van der Waals surface area contributed by atoms with E-state index < -0.39 is 0 Å². The van der Waals surface area contributed by atoms with Gasteiger partial charge in [-0.05, 0) is 57.4 Å². The fraction of sp³-hybridized carbons (Fsp3) is 0.316. The third-order valence-electron chi connectivity index (χ3n) is 3.48. The molecule has 1 heterocycles. The number of likely N-dealkylation sites (N-methyl/N-ethyl adjacent to an activating group) is 1. The standard InChI is InChI=1S/C19H24N4O3/c1-4-26-15-10-8-14(9-11-15)21-19(25)17-7-5-6-16(22-17)18(24)20-12-13-23(2)3/h5-11H,4,12-13H2,1-3H3,(H,20,24)(H,21,25). The van der Waals surface area contributed by atoms with E-state index in [2.05, 4.69) is 15.6 Å². The Bertz CT molecular complexity index is 745. The smallest absolute Gasteiger partial charge is 0.274 e. The Labute approximate surface area is 153 Å². The molecule has 138 valence electrons. The van der Waals surface area contributed by atoms with Gasteiger partial charge in [0.15, 0.2) is 0 Å². The number of rotatable bonds is 8. The number of carbonyl (C=O) groups excluding carboxylic acids is 2. The highest BCUT2D eigenvalue weighted by Crippen LogP contribution is 2.16. The van der Waals surface area contributed by atoms with Crippen LogP contribution in [0.5, 0.6) is 5.75 Å². The summed E-state index contributed by atoms with van der Waals surface area (Å²) in [6.45, 7) is 3.73. The normalized spacial score (nSPS) is 10.5. The first-order chi connectivity index (χ1) is 12.5. The van der Waals surface area contributed by atoms with E-state index in [1.807, 2.05) is 25.9 Å². The molecule has 0 saturated heterocycles. The van der Waals surface area contributed by atoms with Gasteiger partial charge in [-0.1, -0.05) is 6.07 Å². The number of carbonyl (C=O) groups is 2. The van der Waals surface area contributed by atoms with E-state index in [1.54, 1.807) is 42.5 Å². The molecule has 1 aromatic heterocycles. The summed E-state index contributed by atoms with van der Waals surface area (Å²) < 4.78 is 5.37. The van der Waals surface area contributed by atoms with Crippen molar-refractivity contribution in [1.82, 2.24) is 15.2 Å². The molecule has 0 fully saturated rings. The maximum absolute atomic E-state index is 12.4. The molecule has 1 aromatic carbocycles. The lowest BCUT2D eigenvalue weighted by Gasteiger charge is -2.10. The summed E-state index contributed by atoms with van der Waals surface area (Å²) in [6, 6.07) is 11.9. The van der Waals surface area contributed by atoms with Crippen molar-refractivity contribution >= 4 is 17.5 Å². The number of ether oxygens (including phenoxy) is 1. The predicted molar refractivity (Wildman–Crippen MR) is 101 cm³/mol. The summed E-state index contributed by atoms with van der Waals surface area (Å²) in [7, 11) is 3.85. The van der Waals surface area contributed by atoms with Crippen LogP contribution < -0.4 is 15.4 Å². The lowest BCUT2D eigenvalue weighted by Crippen LogP contribution is -2.32. The van der Waals surface area contributed by atoms with Gasteiger partial charge >= 0.3 is 0 Å². The van der Waals surface area contributed by atoms with Crippen molar-refractivity contribution in [2.75, 3.05) is 39.1 Å². The second-order valence-electron chi connectivity index (χ2n) is 5.88. The summed E-state index contributed by atoms with van der Waals surface area (Å²) in [6.07, 6.45) is 0. The first-order valence-corrected chi connectivity index (χ1v) is 8.43. The molecule has 2 N–H and O–H groups in total. The van der Waals surface area contributed by atoms with Gasteiger partial charge in [0.25, 0.3) is 11.8 Å². The van der Waals surface area contributed by atoms with Gasteiger partial charge in [0.1, 0.15) is 17.1 Å². The quantitative estimate of drug-likeness (QED) is 0.756. The molecule has 0 aliphatic carbocycles. The Morgan fingerprint density at radius 3 is 2.31 bits per heavy atom. The van der Waals surface area contributed by atoms with E-state index in [4.69, 9.17) is 4.74 Å². The van der Waals surface area contributed by atoms with E-state index in [9.17, 15) is 9.59 Å². The molecule has 0 bridgehead atoms. The summed E-state index contributed by atoms with van der Waals surface area (Å²) in [4.78, 5) is 30.6. The topological polar surface area (TPSA) is 83.6 Å². The minimum Gasteiger partial charge on any atom is -0.494 e. The molecule has 26 heavy (non-hydrogen) atoms. The van der Waals surface area contributed by atoms with Crippen LogP contribution in [0.4, 0.5) is 5.69 Å². The van der Waals surface area contributed by atoms with Crippen molar-refractivity contribution in [1.29, 1.82) is 0 Å². The number of hydrogen-bond donors (Lipinski definition) is 2. The number of pyridine rings is 1. The minimum absolute atomic E-state index is 0.180. The van der Waals surface area contributed by atoms with Crippen LogP contribution in [-0.4, -0.2) is 55.5 Å². The van der Waals surface area contributed by atoms with Crippen LogP contribution in [0.2, 0.25) is 0 Å². The minimum atomic E-state index is -0.378. The van der Waals surface area contributed by atoms with Crippen LogP contribution >= 0.6 is 0 Å². The molecule has 0 atom stereocenters. The maximum atomic E-state index is 12.4. The van der Waals surface area contributed by atoms with Crippen LogP contribution in [0.1, 0.15) is 27.9 Å². The average molecular weight is 356 g/mol. The van der Waals surface area contributed by atoms with Crippen molar-refractivity contribution in [3.8, 4) is 5.75 Å². The summed E-state index contributed by atoms with van der Waals surface area (Å²) in [5.74, 6) is 0.0553. The lowest BCUT2D eigenvalue weighted by atomic mass is 10.2. The van der Waals surface area contributed by atoms with Crippen LogP contribution in [0, 0.1) is 0 Å². The van der Waals surface area contributed by atoms with Crippen LogP contribution in [0.3, 0.4) is 0 Å². The van der Waals surface area contributed by atoms with E-state index >= 15 is 0 Å². The third-order valence-corrected chi connectivity index (χ3v) is 3.48. The van der Waals surface area contributed by atoms with Gasteiger partial charge in [-0.15, -0.1) is 0 Å². The van der Waals surface area contributed by atoms with E-state index in [0.29, 0.717) is 18.8 Å². The number of nitrogens with one attached hydrogen (secondary N) is 2. The van der Waals surface area contributed by atoms with Gasteiger partial charge in [-0.2, -0.15) is 0 Å². The molecule has 2 aromatic rings. The van der Waals surface area contributed by atoms with Gasteiger partial charge in [-0.3, -0.25) is 9.59 Å². The number of hydrogen-bond acceptors (Lipinski definition) is 5. The zero-order chi connectivity index (χ0) is 18.9. The number of amides is 2. The molecular weight excluding hydrogens is 332 g/mol. The molecule has 7 heteroatoms. The Hall–Kier alpha value is -2.93. The van der Waals surface area contributed by atoms with Crippen molar-refractivity contribution in [3.05, 3.63) is 53.9 Å². The maximum Gasteiger partial charge on any atom is 0.274 e. The Kier molecular flexibility index (Phi) is 7.11. The van der Waals surface area contributed by atoms with Crippen LogP contribution in [-0.2, 0) is 0 Å². The second-order valence-corrected chi connectivity index (χ2v) is 5.88. The molecule has 7 nitrogen and oxygen atoms in total. The van der Waals surface area contributed by atoms with Gasteiger partial charge in [0.05, 0.1) is 6.61 Å². The van der Waals surface area contributed by atoms with Crippen molar-refractivity contribution < 1.29 is 14.3 Å². The van der Waals surface area contributed by atoms with E-state index in [1.165, 1.54) is 0 Å². The fourth-order valence-corrected chi connectivity index (χ4v) is 2.17. The zero-order valence-electron chi connectivity index (χ0n) is 15.3. The highest BCUT2D eigenvalue weighted by atomic mass is 16.5. The molecule has 0 unspecified atom stereocenters. The van der Waals surface area contributed by atoms with E-state index in [0.717, 1.165) is 12.3 Å². The number of nitrogens with zero attached hydrogens (tertiary/aromatic N) is 2. The Balaban J connectivity index is 1.99. The molecule has 0 spiro atoms. The molecule has 2 rings (SSSR count). The molecule has 0 saturated carbocycles. The van der Waals surface area contributed by atoms with Gasteiger partial charge in [-0.25, -0.2) is 4.98 Å². The van der Waals surface area contributed by atoms with Crippen molar-refractivity contribution in [3.63, 3.8) is 0 Å². The van der Waals surface area contributed by atoms with Crippen molar-refractivity contribution in [2.24, 2.45) is 0 Å². The Morgan fingerprint density at radius 1 is 1.04 bits per heavy atom. The van der Waals surface area contributed by atoms with E-state index in [-0.39, 0.29) is 23.2 Å². The van der Waals surface area contributed by atoms with Crippen molar-refractivity contribution in [2.45, 2.75) is 6.92 Å². The zero-order valence-corrected chi connectivity index (χ0v) is 15.3. The van der Waals surface area contributed by atoms with Gasteiger partial charge in [0, 0.05) is 18.8 Å². The van der Waals surface area contributed by atoms with Gasteiger partial charge in [0.2, 0.25) is 0 Å². The molecule has 0 radical (unpaired) electrons. The summed E-state index contributed by atoms with van der Waals surface area (Å²) in [5, 5.41) is 5.53. The highest BCUT2D eigenvalue weighted by molar-refractivity contribution is 6.03. The lowest BCUT2D eigenvalue weighted by molar-refractivity contribution is 0.0946. The second kappa shape index (κ2) is 9.53. The van der Waals surface area contributed by atoms with Crippen LogP contribution in [0.15, 0.2) is 42.5 Å². The monoisotopic (exact) mass is 356 g/mol. The third kappa shape index (κ3) is 5.86. The molecule has 2 amide bonds. The van der Waals surface area contributed by atoms with Crippen LogP contribution in [0.25, 0.3) is 0 Å². The first-order valence-electron chi connectivity index (χ1n) is 8.43. The summed E-state index contributed by atoms with van der Waals surface area (Å²) in [5.41, 5.74) is 1.02. The Morgan fingerprint density at radius 2 is 1.69 bits per heavy atom. The SMILES string of the molecule is CCOc1ccc(NC(=O)c2cccc(C(=O)NCCN(C)C)n2)cc1. The average Bonchev–Trinajstić information content (AvgIpc) is 2.63. The first kappa shape index (κ1) is 19.4. The number of benzene rings is 1. The molecular formula is C19H24N4O3. The largest absolute Gasteiger partial charge is 0.494 e. The highest BCUT2D eigenvalue weighted by Gasteiger charge is 2.12. The number of anilines is 1. The number of aromatic nitrogens is 1. The summed E-state index contributed by atoms with van der Waals surface area (Å²) >= 11 is 0.